The largest absolute Gasteiger partial charge is 0.456 e. The Morgan fingerprint density at radius 3 is 1.53 bits per heavy atom. The molecule has 9 heteroatoms. The van der Waals surface area contributed by atoms with Crippen molar-refractivity contribution in [3.8, 4) is 0 Å². The zero-order valence-corrected chi connectivity index (χ0v) is 41.0. The van der Waals surface area contributed by atoms with Gasteiger partial charge in [0.1, 0.15) is 0 Å². The van der Waals surface area contributed by atoms with Gasteiger partial charge in [-0.3, -0.25) is 9.59 Å². The average Bonchev–Trinajstić information content (AvgIpc) is 3.66. The molecule has 1 aliphatic heterocycles. The van der Waals surface area contributed by atoms with Crippen LogP contribution in [0.3, 0.4) is 0 Å². The molecule has 0 bridgehead atoms. The molecule has 62 heavy (non-hydrogen) atoms. The second-order valence-electron chi connectivity index (χ2n) is 17.9. The molecular weight excluding hydrogens is 779 g/mol. The summed E-state index contributed by atoms with van der Waals surface area (Å²) in [6.45, 7) is 13.0. The lowest BCUT2D eigenvalue weighted by Crippen LogP contribution is -2.34. The number of esters is 2. The SMILES string of the molecule is CCCCC/C=C\C/C=C\CCCCCCCC(=O)OC1CN(C(=O)OCCCC(CC)CCCC)CC1OC(=O)CCC(OCCCCCCCC)OCCCCCCCC. The fourth-order valence-corrected chi connectivity index (χ4v) is 7.97. The first kappa shape index (κ1) is 57.6. The maximum atomic E-state index is 13.4. The zero-order valence-electron chi connectivity index (χ0n) is 41.0. The molecule has 3 unspecified atom stereocenters. The van der Waals surface area contributed by atoms with Gasteiger partial charge in [-0.25, -0.2) is 4.79 Å². The van der Waals surface area contributed by atoms with Crippen molar-refractivity contribution in [2.75, 3.05) is 32.9 Å². The van der Waals surface area contributed by atoms with Gasteiger partial charge in [0.05, 0.1) is 26.1 Å². The van der Waals surface area contributed by atoms with E-state index in [1.165, 1.54) is 101 Å². The number of rotatable bonds is 43. The van der Waals surface area contributed by atoms with Crippen molar-refractivity contribution < 1.29 is 38.1 Å². The Morgan fingerprint density at radius 2 is 0.968 bits per heavy atom. The van der Waals surface area contributed by atoms with Gasteiger partial charge in [0.15, 0.2) is 18.5 Å². The highest BCUT2D eigenvalue weighted by Gasteiger charge is 2.41. The van der Waals surface area contributed by atoms with Crippen LogP contribution in [0.2, 0.25) is 0 Å². The number of hydrogen-bond donors (Lipinski definition) is 0. The van der Waals surface area contributed by atoms with E-state index in [4.69, 9.17) is 23.7 Å². The Kier molecular flexibility index (Phi) is 39.6. The van der Waals surface area contributed by atoms with Gasteiger partial charge in [-0.05, 0) is 70.1 Å². The molecule has 0 aromatic carbocycles. The lowest BCUT2D eigenvalue weighted by molar-refractivity contribution is -0.169. The van der Waals surface area contributed by atoms with Crippen LogP contribution in [-0.2, 0) is 33.3 Å². The topological polar surface area (TPSA) is 101 Å². The Bertz CT molecular complexity index is 1090. The highest BCUT2D eigenvalue weighted by molar-refractivity contribution is 5.72. The average molecular weight is 876 g/mol. The molecule has 0 radical (unpaired) electrons. The third-order valence-electron chi connectivity index (χ3n) is 12.1. The van der Waals surface area contributed by atoms with Gasteiger partial charge < -0.3 is 28.6 Å². The van der Waals surface area contributed by atoms with Gasteiger partial charge in [-0.2, -0.15) is 0 Å². The standard InChI is InChI=1S/C53H97NO8/c1-6-11-15-18-21-22-23-24-25-26-27-28-29-30-33-39-50(55)61-48-45-54(53(57)60-44-36-38-47(10-5)37-14-9-4)46-49(48)62-51(56)40-41-52(58-42-34-31-19-16-12-7-2)59-43-35-32-20-17-13-8-3/h21-22,24-25,47-49,52H,6-20,23,26-46H2,1-5H3/b22-21-,25-24-. The van der Waals surface area contributed by atoms with Gasteiger partial charge in [-0.1, -0.05) is 181 Å². The Morgan fingerprint density at radius 1 is 0.500 bits per heavy atom. The van der Waals surface area contributed by atoms with Gasteiger partial charge >= 0.3 is 18.0 Å². The molecule has 0 aromatic heterocycles. The number of ether oxygens (including phenoxy) is 5. The minimum Gasteiger partial charge on any atom is -0.456 e. The first-order valence-electron chi connectivity index (χ1n) is 26.2. The van der Waals surface area contributed by atoms with Crippen LogP contribution >= 0.6 is 0 Å². The van der Waals surface area contributed by atoms with Crippen LogP contribution in [0, 0.1) is 5.92 Å². The molecule has 1 heterocycles. The summed E-state index contributed by atoms with van der Waals surface area (Å²) in [4.78, 5) is 41.2. The maximum Gasteiger partial charge on any atom is 0.410 e. The third kappa shape index (κ3) is 33.2. The second-order valence-corrected chi connectivity index (χ2v) is 17.9. The molecule has 1 saturated heterocycles. The molecule has 362 valence electrons. The van der Waals surface area contributed by atoms with Crippen LogP contribution in [-0.4, -0.2) is 74.3 Å². The highest BCUT2D eigenvalue weighted by Crippen LogP contribution is 2.23. The van der Waals surface area contributed by atoms with Crippen LogP contribution < -0.4 is 0 Å². The fourth-order valence-electron chi connectivity index (χ4n) is 7.97. The summed E-state index contributed by atoms with van der Waals surface area (Å²) in [6, 6.07) is 0. The molecular formula is C53H97NO8. The number of amides is 1. The van der Waals surface area contributed by atoms with E-state index in [2.05, 4.69) is 58.9 Å². The van der Waals surface area contributed by atoms with Crippen molar-refractivity contribution in [3.63, 3.8) is 0 Å². The van der Waals surface area contributed by atoms with Crippen LogP contribution in [0.1, 0.15) is 240 Å². The number of unbranched alkanes of at least 4 members (excludes halogenated alkanes) is 19. The van der Waals surface area contributed by atoms with Crippen molar-refractivity contribution in [3.05, 3.63) is 24.3 Å². The van der Waals surface area contributed by atoms with Crippen LogP contribution in [0.25, 0.3) is 0 Å². The summed E-state index contributed by atoms with van der Waals surface area (Å²) in [6.07, 6.45) is 40.4. The first-order valence-corrected chi connectivity index (χ1v) is 26.2. The molecule has 1 amide bonds. The predicted octanol–water partition coefficient (Wildman–Crippen LogP) is 14.9. The summed E-state index contributed by atoms with van der Waals surface area (Å²) >= 11 is 0. The van der Waals surface area contributed by atoms with E-state index in [1.54, 1.807) is 0 Å². The minimum atomic E-state index is -0.756. The smallest absolute Gasteiger partial charge is 0.410 e. The van der Waals surface area contributed by atoms with Gasteiger partial charge in [0.25, 0.3) is 0 Å². The van der Waals surface area contributed by atoms with Crippen molar-refractivity contribution in [1.82, 2.24) is 4.90 Å². The molecule has 9 nitrogen and oxygen atoms in total. The number of nitrogens with zero attached hydrogens (tertiary/aromatic N) is 1. The zero-order chi connectivity index (χ0) is 45.1. The van der Waals surface area contributed by atoms with Crippen molar-refractivity contribution >= 4 is 18.0 Å². The quantitative estimate of drug-likeness (QED) is 0.0196. The summed E-state index contributed by atoms with van der Waals surface area (Å²) in [7, 11) is 0. The molecule has 1 fully saturated rings. The lowest BCUT2D eigenvalue weighted by Gasteiger charge is -2.21. The van der Waals surface area contributed by atoms with E-state index in [0.717, 1.165) is 89.9 Å². The van der Waals surface area contributed by atoms with Crippen LogP contribution in [0.5, 0.6) is 0 Å². The number of carbonyl (C=O) groups excluding carboxylic acids is 3. The molecule has 0 N–H and O–H groups in total. The predicted molar refractivity (Wildman–Crippen MR) is 256 cm³/mol. The summed E-state index contributed by atoms with van der Waals surface area (Å²) < 4.78 is 29.9. The van der Waals surface area contributed by atoms with Crippen LogP contribution in [0.15, 0.2) is 24.3 Å². The Labute approximate surface area is 381 Å². The molecule has 1 aliphatic rings. The van der Waals surface area contributed by atoms with Crippen LogP contribution in [0.4, 0.5) is 4.79 Å². The fraction of sp³-hybridized carbons (Fsp3) is 0.868. The Balaban J connectivity index is 2.69. The number of carbonyl (C=O) groups is 3. The van der Waals surface area contributed by atoms with E-state index in [9.17, 15) is 14.4 Å². The van der Waals surface area contributed by atoms with Gasteiger partial charge in [0, 0.05) is 26.1 Å². The number of hydrogen-bond acceptors (Lipinski definition) is 8. The van der Waals surface area contributed by atoms with E-state index >= 15 is 0 Å². The first-order chi connectivity index (χ1) is 30.4. The van der Waals surface area contributed by atoms with E-state index in [0.29, 0.717) is 38.6 Å². The second kappa shape index (κ2) is 42.6. The van der Waals surface area contributed by atoms with Gasteiger partial charge in [0.2, 0.25) is 0 Å². The van der Waals surface area contributed by atoms with E-state index in [-0.39, 0.29) is 25.5 Å². The minimum absolute atomic E-state index is 0.113. The number of allylic oxidation sites excluding steroid dienone is 4. The van der Waals surface area contributed by atoms with Crippen molar-refractivity contribution in [2.24, 2.45) is 5.92 Å². The van der Waals surface area contributed by atoms with E-state index < -0.39 is 30.6 Å². The van der Waals surface area contributed by atoms with Crippen molar-refractivity contribution in [2.45, 2.75) is 259 Å². The molecule has 0 spiro atoms. The summed E-state index contributed by atoms with van der Waals surface area (Å²) in [5, 5.41) is 0. The summed E-state index contributed by atoms with van der Waals surface area (Å²) in [5.74, 6) is -0.0797. The third-order valence-corrected chi connectivity index (χ3v) is 12.1. The highest BCUT2D eigenvalue weighted by atomic mass is 16.7. The molecule has 0 saturated carbocycles. The normalized spacial score (nSPS) is 15.9. The monoisotopic (exact) mass is 876 g/mol. The van der Waals surface area contributed by atoms with Gasteiger partial charge in [-0.15, -0.1) is 0 Å². The maximum absolute atomic E-state index is 13.4. The molecule has 0 aliphatic carbocycles. The molecule has 1 rings (SSSR count). The summed E-state index contributed by atoms with van der Waals surface area (Å²) in [5.41, 5.74) is 0. The van der Waals surface area contributed by atoms with Crippen molar-refractivity contribution in [1.29, 1.82) is 0 Å². The Hall–Kier alpha value is -2.39. The molecule has 0 aromatic rings. The molecule has 3 atom stereocenters. The van der Waals surface area contributed by atoms with E-state index in [1.807, 2.05) is 0 Å². The number of likely N-dealkylation sites (tertiary alicyclic amines) is 1. The lowest BCUT2D eigenvalue weighted by atomic mass is 9.94.